The van der Waals surface area contributed by atoms with Crippen molar-refractivity contribution in [3.05, 3.63) is 0 Å². The SMILES string of the molecule is CCC(CC)(CBr)CNS(=O)(=O)CCC(C)(C)C. The first-order chi connectivity index (χ1) is 8.10. The van der Waals surface area contributed by atoms with Gasteiger partial charge in [-0.2, -0.15) is 0 Å². The zero-order valence-electron chi connectivity index (χ0n) is 12.3. The lowest BCUT2D eigenvalue weighted by Gasteiger charge is -2.29. The molecule has 0 aromatic rings. The minimum absolute atomic E-state index is 0.0365. The largest absolute Gasteiger partial charge is 0.215 e. The maximum atomic E-state index is 11.9. The Morgan fingerprint density at radius 2 is 1.61 bits per heavy atom. The Hall–Kier alpha value is 0.390. The highest BCUT2D eigenvalue weighted by molar-refractivity contribution is 9.09. The summed E-state index contributed by atoms with van der Waals surface area (Å²) >= 11 is 3.50. The zero-order chi connectivity index (χ0) is 14.4. The Labute approximate surface area is 121 Å². The van der Waals surface area contributed by atoms with Crippen molar-refractivity contribution in [1.82, 2.24) is 4.72 Å². The molecule has 0 spiro atoms. The zero-order valence-corrected chi connectivity index (χ0v) is 14.7. The topological polar surface area (TPSA) is 46.2 Å². The summed E-state index contributed by atoms with van der Waals surface area (Å²) in [5, 5.41) is 0.828. The second-order valence-electron chi connectivity index (χ2n) is 6.29. The maximum absolute atomic E-state index is 11.9. The lowest BCUT2D eigenvalue weighted by atomic mass is 9.85. The van der Waals surface area contributed by atoms with Crippen LogP contribution in [0.4, 0.5) is 0 Å². The molecule has 0 unspecified atom stereocenters. The van der Waals surface area contributed by atoms with Crippen LogP contribution >= 0.6 is 15.9 Å². The van der Waals surface area contributed by atoms with Crippen LogP contribution < -0.4 is 4.72 Å². The second kappa shape index (κ2) is 7.25. The Morgan fingerprint density at radius 3 is 1.94 bits per heavy atom. The van der Waals surface area contributed by atoms with E-state index in [1.54, 1.807) is 0 Å². The number of sulfonamides is 1. The Balaban J connectivity index is 4.42. The molecule has 110 valence electrons. The van der Waals surface area contributed by atoms with E-state index in [9.17, 15) is 8.42 Å². The Kier molecular flexibility index (Phi) is 7.40. The fourth-order valence-electron chi connectivity index (χ4n) is 1.51. The van der Waals surface area contributed by atoms with Gasteiger partial charge >= 0.3 is 0 Å². The van der Waals surface area contributed by atoms with Crippen molar-refractivity contribution in [3.8, 4) is 0 Å². The van der Waals surface area contributed by atoms with Crippen molar-refractivity contribution in [2.75, 3.05) is 17.6 Å². The lowest BCUT2D eigenvalue weighted by molar-refractivity contribution is 0.309. The molecule has 0 radical (unpaired) electrons. The van der Waals surface area contributed by atoms with Gasteiger partial charge in [0.05, 0.1) is 5.75 Å². The molecule has 0 aromatic heterocycles. The van der Waals surface area contributed by atoms with Gasteiger partial charge in [-0.1, -0.05) is 50.5 Å². The van der Waals surface area contributed by atoms with Crippen LogP contribution in [0.5, 0.6) is 0 Å². The van der Waals surface area contributed by atoms with Crippen molar-refractivity contribution in [2.45, 2.75) is 53.9 Å². The Bertz CT molecular complexity index is 321. The molecule has 0 aliphatic rings. The van der Waals surface area contributed by atoms with Crippen molar-refractivity contribution >= 4 is 26.0 Å². The average molecular weight is 342 g/mol. The molecule has 0 aliphatic heterocycles. The molecule has 0 saturated heterocycles. The molecule has 0 bridgehead atoms. The summed E-state index contributed by atoms with van der Waals surface area (Å²) in [5.74, 6) is 0.211. The highest BCUT2D eigenvalue weighted by atomic mass is 79.9. The molecule has 18 heavy (non-hydrogen) atoms. The van der Waals surface area contributed by atoms with Crippen LogP contribution in [0.3, 0.4) is 0 Å². The van der Waals surface area contributed by atoms with Crippen molar-refractivity contribution in [1.29, 1.82) is 0 Å². The van der Waals surface area contributed by atoms with Gasteiger partial charge in [-0.05, 0) is 30.1 Å². The van der Waals surface area contributed by atoms with Crippen molar-refractivity contribution in [2.24, 2.45) is 10.8 Å². The smallest absolute Gasteiger partial charge is 0.211 e. The highest BCUT2D eigenvalue weighted by Crippen LogP contribution is 2.28. The molecule has 0 aliphatic carbocycles. The number of alkyl halides is 1. The molecule has 5 heteroatoms. The first-order valence-electron chi connectivity index (χ1n) is 6.63. The third kappa shape index (κ3) is 7.10. The normalized spacial score (nSPS) is 13.9. The quantitative estimate of drug-likeness (QED) is 0.686. The van der Waals surface area contributed by atoms with Crippen LogP contribution in [0, 0.1) is 10.8 Å². The summed E-state index contributed by atoms with van der Waals surface area (Å²) in [6.07, 6.45) is 2.62. The molecule has 0 atom stereocenters. The number of nitrogens with one attached hydrogen (secondary N) is 1. The second-order valence-corrected chi connectivity index (χ2v) is 8.78. The van der Waals surface area contributed by atoms with Gasteiger partial charge in [0.15, 0.2) is 0 Å². The van der Waals surface area contributed by atoms with E-state index in [0.717, 1.165) is 18.2 Å². The fraction of sp³-hybridized carbons (Fsp3) is 1.00. The minimum atomic E-state index is -3.15. The van der Waals surface area contributed by atoms with Crippen LogP contribution in [0.1, 0.15) is 53.9 Å². The van der Waals surface area contributed by atoms with Crippen LogP contribution in [0.2, 0.25) is 0 Å². The third-order valence-electron chi connectivity index (χ3n) is 3.57. The van der Waals surface area contributed by atoms with E-state index in [-0.39, 0.29) is 16.6 Å². The summed E-state index contributed by atoms with van der Waals surface area (Å²) in [7, 11) is -3.15. The first kappa shape index (κ1) is 18.4. The molecule has 0 heterocycles. The van der Waals surface area contributed by atoms with E-state index in [1.165, 1.54) is 0 Å². The monoisotopic (exact) mass is 341 g/mol. The predicted octanol–water partition coefficient (Wildman–Crippen LogP) is 3.54. The van der Waals surface area contributed by atoms with Crippen molar-refractivity contribution in [3.63, 3.8) is 0 Å². The number of hydrogen-bond donors (Lipinski definition) is 1. The fourth-order valence-corrected chi connectivity index (χ4v) is 4.05. The van der Waals surface area contributed by atoms with E-state index in [1.807, 2.05) is 0 Å². The van der Waals surface area contributed by atoms with Gasteiger partial charge in [0, 0.05) is 11.9 Å². The van der Waals surface area contributed by atoms with Crippen LogP contribution in [-0.4, -0.2) is 26.0 Å². The van der Waals surface area contributed by atoms with Crippen molar-refractivity contribution < 1.29 is 8.42 Å². The summed E-state index contributed by atoms with van der Waals surface area (Å²) in [6, 6.07) is 0. The number of hydrogen-bond acceptors (Lipinski definition) is 2. The van der Waals surface area contributed by atoms with Crippen LogP contribution in [-0.2, 0) is 10.0 Å². The first-order valence-corrected chi connectivity index (χ1v) is 9.40. The minimum Gasteiger partial charge on any atom is -0.215 e. The molecule has 1 N–H and O–H groups in total. The molecule has 0 fully saturated rings. The molecule has 0 rings (SSSR count). The van der Waals surface area contributed by atoms with Gasteiger partial charge in [-0.15, -0.1) is 0 Å². The molecular formula is C13H28BrNO2S. The summed E-state index contributed by atoms with van der Waals surface area (Å²) in [5.41, 5.74) is 0.0889. The van der Waals surface area contributed by atoms with Gasteiger partial charge in [0.1, 0.15) is 0 Å². The average Bonchev–Trinajstić information content (AvgIpc) is 2.29. The van der Waals surface area contributed by atoms with Crippen LogP contribution in [0.15, 0.2) is 0 Å². The Morgan fingerprint density at radius 1 is 1.11 bits per heavy atom. The summed E-state index contributed by atoms with van der Waals surface area (Å²) in [6.45, 7) is 10.9. The van der Waals surface area contributed by atoms with Gasteiger partial charge < -0.3 is 0 Å². The highest BCUT2D eigenvalue weighted by Gasteiger charge is 2.27. The number of halogens is 1. The van der Waals surface area contributed by atoms with Gasteiger partial charge in [-0.25, -0.2) is 13.1 Å². The van der Waals surface area contributed by atoms with E-state index in [4.69, 9.17) is 0 Å². The predicted molar refractivity (Wildman–Crippen MR) is 82.7 cm³/mol. The molecule has 0 aromatic carbocycles. The molecule has 3 nitrogen and oxygen atoms in total. The summed E-state index contributed by atoms with van der Waals surface area (Å²) < 4.78 is 26.7. The molecule has 0 amide bonds. The van der Waals surface area contributed by atoms with E-state index >= 15 is 0 Å². The number of rotatable bonds is 8. The molecule has 0 saturated carbocycles. The standard InChI is InChI=1S/C13H28BrNO2S/c1-6-13(7-2,10-14)11-15-18(16,17)9-8-12(3,4)5/h15H,6-11H2,1-5H3. The van der Waals surface area contributed by atoms with E-state index in [2.05, 4.69) is 55.3 Å². The van der Waals surface area contributed by atoms with Gasteiger partial charge in [-0.3, -0.25) is 0 Å². The van der Waals surface area contributed by atoms with Crippen LogP contribution in [0.25, 0.3) is 0 Å². The summed E-state index contributed by atoms with van der Waals surface area (Å²) in [4.78, 5) is 0. The van der Waals surface area contributed by atoms with E-state index < -0.39 is 10.0 Å². The van der Waals surface area contributed by atoms with E-state index in [0.29, 0.717) is 13.0 Å². The maximum Gasteiger partial charge on any atom is 0.211 e. The van der Waals surface area contributed by atoms with Gasteiger partial charge in [0.25, 0.3) is 0 Å². The third-order valence-corrected chi connectivity index (χ3v) is 6.09. The van der Waals surface area contributed by atoms with Gasteiger partial charge in [0.2, 0.25) is 10.0 Å². The lowest BCUT2D eigenvalue weighted by Crippen LogP contribution is -2.39. The molecular weight excluding hydrogens is 314 g/mol.